The zero-order chi connectivity index (χ0) is 17.5. The summed E-state index contributed by atoms with van der Waals surface area (Å²) in [4.78, 5) is 12.1. The molecule has 0 radical (unpaired) electrons. The van der Waals surface area contributed by atoms with Gasteiger partial charge in [0.05, 0.1) is 17.8 Å². The molecule has 0 spiro atoms. The van der Waals surface area contributed by atoms with Crippen molar-refractivity contribution >= 4 is 38.9 Å². The second-order valence-electron chi connectivity index (χ2n) is 5.43. The van der Waals surface area contributed by atoms with Gasteiger partial charge >= 0.3 is 0 Å². The first-order valence-corrected chi connectivity index (χ1v) is 8.59. The third-order valence-corrected chi connectivity index (χ3v) is 3.99. The van der Waals surface area contributed by atoms with Gasteiger partial charge in [0.2, 0.25) is 5.91 Å². The number of carbonyl (C=O) groups is 1. The smallest absolute Gasteiger partial charge is 0.228 e. The number of halogens is 1. The average Bonchev–Trinajstić information content (AvgIpc) is 2.64. The van der Waals surface area contributed by atoms with Gasteiger partial charge in [0, 0.05) is 10.2 Å². The van der Waals surface area contributed by atoms with E-state index in [2.05, 4.69) is 31.5 Å². The van der Waals surface area contributed by atoms with Crippen LogP contribution in [0.2, 0.25) is 0 Å². The van der Waals surface area contributed by atoms with Crippen LogP contribution >= 0.6 is 15.9 Å². The van der Waals surface area contributed by atoms with E-state index in [-0.39, 0.29) is 5.91 Å². The maximum Gasteiger partial charge on any atom is 0.228 e. The predicted octanol–water partition coefficient (Wildman–Crippen LogP) is 6.05. The summed E-state index contributed by atoms with van der Waals surface area (Å²) in [5.74, 6) is -0.0546. The van der Waals surface area contributed by atoms with Crippen LogP contribution in [0.25, 0.3) is 0 Å². The van der Waals surface area contributed by atoms with E-state index >= 15 is 0 Å². The maximum atomic E-state index is 12.1. The SMILES string of the molecule is O=C(Cc1ccc(Br)cc1)Nc1ccc(N=Nc2ccccc2)cc1. The molecule has 3 rings (SSSR count). The van der Waals surface area contributed by atoms with Crippen molar-refractivity contribution in [1.29, 1.82) is 0 Å². The Morgan fingerprint density at radius 2 is 1.40 bits per heavy atom. The predicted molar refractivity (Wildman–Crippen MR) is 104 cm³/mol. The standard InChI is InChI=1S/C20H16BrN3O/c21-16-8-6-15(7-9-16)14-20(25)22-17-10-12-19(13-11-17)24-23-18-4-2-1-3-5-18/h1-13H,14H2,(H,22,25). The highest BCUT2D eigenvalue weighted by Crippen LogP contribution is 2.20. The summed E-state index contributed by atoms with van der Waals surface area (Å²) in [6.07, 6.45) is 0.336. The highest BCUT2D eigenvalue weighted by molar-refractivity contribution is 9.10. The van der Waals surface area contributed by atoms with Crippen molar-refractivity contribution in [3.05, 3.63) is 88.9 Å². The van der Waals surface area contributed by atoms with Crippen LogP contribution in [0.15, 0.2) is 93.6 Å². The Labute approximate surface area is 154 Å². The normalized spacial score (nSPS) is 10.8. The van der Waals surface area contributed by atoms with E-state index in [1.165, 1.54) is 0 Å². The highest BCUT2D eigenvalue weighted by Gasteiger charge is 2.04. The van der Waals surface area contributed by atoms with E-state index in [0.29, 0.717) is 6.42 Å². The lowest BCUT2D eigenvalue weighted by Crippen LogP contribution is -2.14. The number of azo groups is 1. The summed E-state index contributed by atoms with van der Waals surface area (Å²) in [6, 6.07) is 24.5. The molecule has 3 aromatic rings. The first kappa shape index (κ1) is 17.0. The number of hydrogen-bond donors (Lipinski definition) is 1. The quantitative estimate of drug-likeness (QED) is 0.527. The molecule has 0 unspecified atom stereocenters. The van der Waals surface area contributed by atoms with Crippen LogP contribution in [0.4, 0.5) is 17.1 Å². The van der Waals surface area contributed by atoms with Gasteiger partial charge in [-0.25, -0.2) is 0 Å². The minimum absolute atomic E-state index is 0.0546. The zero-order valence-electron chi connectivity index (χ0n) is 13.4. The minimum atomic E-state index is -0.0546. The number of nitrogens with zero attached hydrogens (tertiary/aromatic N) is 2. The van der Waals surface area contributed by atoms with Crippen molar-refractivity contribution in [3.63, 3.8) is 0 Å². The molecular weight excluding hydrogens is 378 g/mol. The fourth-order valence-corrected chi connectivity index (χ4v) is 2.48. The lowest BCUT2D eigenvalue weighted by Gasteiger charge is -2.05. The van der Waals surface area contributed by atoms with E-state index in [0.717, 1.165) is 27.1 Å². The fourth-order valence-electron chi connectivity index (χ4n) is 2.21. The Hall–Kier alpha value is -2.79. The molecule has 1 amide bonds. The number of amides is 1. The molecule has 0 saturated heterocycles. The monoisotopic (exact) mass is 393 g/mol. The van der Waals surface area contributed by atoms with E-state index in [4.69, 9.17) is 0 Å². The van der Waals surface area contributed by atoms with Gasteiger partial charge in [-0.1, -0.05) is 46.3 Å². The fraction of sp³-hybridized carbons (Fsp3) is 0.0500. The van der Waals surface area contributed by atoms with Gasteiger partial charge in [-0.05, 0) is 54.1 Å². The number of hydrogen-bond acceptors (Lipinski definition) is 3. The lowest BCUT2D eigenvalue weighted by atomic mass is 10.1. The van der Waals surface area contributed by atoms with Crippen LogP contribution in [0.5, 0.6) is 0 Å². The maximum absolute atomic E-state index is 12.1. The van der Waals surface area contributed by atoms with Crippen LogP contribution in [-0.4, -0.2) is 5.91 Å². The van der Waals surface area contributed by atoms with E-state index in [1.807, 2.05) is 78.9 Å². The molecule has 0 aliphatic rings. The Balaban J connectivity index is 1.57. The first-order chi connectivity index (χ1) is 12.2. The van der Waals surface area contributed by atoms with Crippen LogP contribution in [-0.2, 0) is 11.2 Å². The molecule has 0 aliphatic heterocycles. The minimum Gasteiger partial charge on any atom is -0.326 e. The number of rotatable bonds is 5. The van der Waals surface area contributed by atoms with Crippen LogP contribution in [0, 0.1) is 0 Å². The number of anilines is 1. The Morgan fingerprint density at radius 3 is 2.04 bits per heavy atom. The van der Waals surface area contributed by atoms with Crippen molar-refractivity contribution in [2.24, 2.45) is 10.2 Å². The molecule has 0 aliphatic carbocycles. The summed E-state index contributed by atoms with van der Waals surface area (Å²) >= 11 is 3.38. The van der Waals surface area contributed by atoms with Gasteiger partial charge in [-0.15, -0.1) is 0 Å². The Morgan fingerprint density at radius 1 is 0.800 bits per heavy atom. The third-order valence-electron chi connectivity index (χ3n) is 3.47. The average molecular weight is 394 g/mol. The van der Waals surface area contributed by atoms with Gasteiger partial charge in [0.25, 0.3) is 0 Å². The van der Waals surface area contributed by atoms with Crippen molar-refractivity contribution in [2.75, 3.05) is 5.32 Å². The molecule has 1 N–H and O–H groups in total. The van der Waals surface area contributed by atoms with Gasteiger partial charge in [0.15, 0.2) is 0 Å². The molecule has 0 atom stereocenters. The summed E-state index contributed by atoms with van der Waals surface area (Å²) in [5.41, 5.74) is 3.24. The van der Waals surface area contributed by atoms with Crippen molar-refractivity contribution in [2.45, 2.75) is 6.42 Å². The number of benzene rings is 3. The summed E-state index contributed by atoms with van der Waals surface area (Å²) in [5, 5.41) is 11.2. The van der Waals surface area contributed by atoms with Crippen molar-refractivity contribution < 1.29 is 4.79 Å². The van der Waals surface area contributed by atoms with E-state index in [9.17, 15) is 4.79 Å². The number of nitrogens with one attached hydrogen (secondary N) is 1. The van der Waals surface area contributed by atoms with E-state index < -0.39 is 0 Å². The molecule has 0 saturated carbocycles. The van der Waals surface area contributed by atoms with Gasteiger partial charge in [-0.2, -0.15) is 10.2 Å². The first-order valence-electron chi connectivity index (χ1n) is 7.80. The molecule has 3 aromatic carbocycles. The molecule has 5 heteroatoms. The molecule has 0 heterocycles. The summed E-state index contributed by atoms with van der Waals surface area (Å²) in [6.45, 7) is 0. The van der Waals surface area contributed by atoms with Crippen molar-refractivity contribution in [1.82, 2.24) is 0 Å². The molecule has 0 fully saturated rings. The molecule has 4 nitrogen and oxygen atoms in total. The van der Waals surface area contributed by atoms with Crippen LogP contribution < -0.4 is 5.32 Å². The van der Waals surface area contributed by atoms with Gasteiger partial charge in [0.1, 0.15) is 0 Å². The van der Waals surface area contributed by atoms with E-state index in [1.54, 1.807) is 0 Å². The topological polar surface area (TPSA) is 53.8 Å². The molecule has 0 aromatic heterocycles. The second-order valence-corrected chi connectivity index (χ2v) is 6.35. The van der Waals surface area contributed by atoms with Crippen LogP contribution in [0.1, 0.15) is 5.56 Å². The van der Waals surface area contributed by atoms with Crippen molar-refractivity contribution in [3.8, 4) is 0 Å². The lowest BCUT2D eigenvalue weighted by molar-refractivity contribution is -0.115. The third kappa shape index (κ3) is 5.36. The largest absolute Gasteiger partial charge is 0.326 e. The highest BCUT2D eigenvalue weighted by atomic mass is 79.9. The van der Waals surface area contributed by atoms with Crippen LogP contribution in [0.3, 0.4) is 0 Å². The molecule has 25 heavy (non-hydrogen) atoms. The summed E-state index contributed by atoms with van der Waals surface area (Å²) < 4.78 is 0.997. The Kier molecular flexibility index (Phi) is 5.69. The van der Waals surface area contributed by atoms with Gasteiger partial charge in [-0.3, -0.25) is 4.79 Å². The number of carbonyl (C=O) groups excluding carboxylic acids is 1. The Bertz CT molecular complexity index is 860. The molecule has 0 bridgehead atoms. The van der Waals surface area contributed by atoms with Gasteiger partial charge < -0.3 is 5.32 Å². The molecular formula is C20H16BrN3O. The summed E-state index contributed by atoms with van der Waals surface area (Å²) in [7, 11) is 0. The molecule has 124 valence electrons. The second kappa shape index (κ2) is 8.35. The zero-order valence-corrected chi connectivity index (χ0v) is 15.0.